The Morgan fingerprint density at radius 1 is 1.26 bits per heavy atom. The summed E-state index contributed by atoms with van der Waals surface area (Å²) in [5.74, 6) is 1.90. The summed E-state index contributed by atoms with van der Waals surface area (Å²) in [5.41, 5.74) is 6.40. The molecule has 6 nitrogen and oxygen atoms in total. The number of hydrogen-bond donors (Lipinski definition) is 2. The van der Waals surface area contributed by atoms with Crippen molar-refractivity contribution in [2.24, 2.45) is 0 Å². The number of nitrogens with one attached hydrogen (secondary N) is 1. The molecule has 2 rings (SSSR count). The van der Waals surface area contributed by atoms with E-state index < -0.39 is 0 Å². The molecule has 0 saturated carbocycles. The fraction of sp³-hybridized carbons (Fsp3) is 0.231. The van der Waals surface area contributed by atoms with Gasteiger partial charge in [-0.05, 0) is 12.1 Å². The second-order valence-corrected chi connectivity index (χ2v) is 3.76. The Bertz CT molecular complexity index is 534. The van der Waals surface area contributed by atoms with Gasteiger partial charge >= 0.3 is 0 Å². The lowest BCUT2D eigenvalue weighted by Crippen LogP contribution is -2.13. The average Bonchev–Trinajstić information content (AvgIpc) is 2.45. The van der Waals surface area contributed by atoms with E-state index in [4.69, 9.17) is 15.2 Å². The van der Waals surface area contributed by atoms with Crippen LogP contribution in [-0.4, -0.2) is 30.2 Å². The molecule has 0 amide bonds. The lowest BCUT2D eigenvalue weighted by Gasteiger charge is -2.09. The lowest BCUT2D eigenvalue weighted by molar-refractivity contribution is 0.334. The van der Waals surface area contributed by atoms with Gasteiger partial charge < -0.3 is 20.5 Å². The number of aromatic nitrogens is 2. The molecule has 0 saturated heterocycles. The van der Waals surface area contributed by atoms with Gasteiger partial charge in [-0.25, -0.2) is 9.97 Å². The number of nitrogens with two attached hydrogens (primary N) is 1. The number of methoxy groups -OCH3 is 1. The van der Waals surface area contributed by atoms with Gasteiger partial charge in [-0.3, -0.25) is 0 Å². The van der Waals surface area contributed by atoms with E-state index in [1.165, 1.54) is 6.33 Å². The number of rotatable bonds is 6. The van der Waals surface area contributed by atoms with Crippen molar-refractivity contribution in [3.05, 3.63) is 36.7 Å². The molecule has 1 aromatic carbocycles. The van der Waals surface area contributed by atoms with Crippen LogP contribution in [0.25, 0.3) is 0 Å². The fourth-order valence-corrected chi connectivity index (χ4v) is 1.50. The van der Waals surface area contributed by atoms with Crippen molar-refractivity contribution in [3.63, 3.8) is 0 Å². The van der Waals surface area contributed by atoms with Crippen molar-refractivity contribution in [3.8, 4) is 11.6 Å². The summed E-state index contributed by atoms with van der Waals surface area (Å²) in [6.45, 7) is 1.09. The molecule has 0 fully saturated rings. The molecule has 1 aromatic heterocycles. The SMILES string of the molecule is COc1cc(NCCOc2ccccc2N)ncn1. The fourth-order valence-electron chi connectivity index (χ4n) is 1.50. The number of nitrogens with zero attached hydrogens (tertiary/aromatic N) is 2. The maximum absolute atomic E-state index is 5.77. The summed E-state index contributed by atoms with van der Waals surface area (Å²) < 4.78 is 10.6. The minimum absolute atomic E-state index is 0.487. The summed E-state index contributed by atoms with van der Waals surface area (Å²) in [5, 5.41) is 3.11. The third kappa shape index (κ3) is 3.74. The molecular weight excluding hydrogens is 244 g/mol. The predicted molar refractivity (Wildman–Crippen MR) is 73.4 cm³/mol. The number of anilines is 2. The molecule has 1 heterocycles. The van der Waals surface area contributed by atoms with Crippen molar-refractivity contribution < 1.29 is 9.47 Å². The van der Waals surface area contributed by atoms with E-state index in [-0.39, 0.29) is 0 Å². The topological polar surface area (TPSA) is 82.3 Å². The van der Waals surface area contributed by atoms with Gasteiger partial charge in [0, 0.05) is 6.07 Å². The molecule has 0 radical (unpaired) electrons. The van der Waals surface area contributed by atoms with Gasteiger partial charge in [0.25, 0.3) is 0 Å². The Balaban J connectivity index is 1.79. The first-order valence-corrected chi connectivity index (χ1v) is 5.87. The van der Waals surface area contributed by atoms with Gasteiger partial charge in [-0.15, -0.1) is 0 Å². The number of nitrogen functional groups attached to an aromatic ring is 1. The Kier molecular flexibility index (Phi) is 4.39. The number of ether oxygens (including phenoxy) is 2. The molecular formula is C13H16N4O2. The van der Waals surface area contributed by atoms with E-state index in [1.807, 2.05) is 18.2 Å². The van der Waals surface area contributed by atoms with E-state index in [0.29, 0.717) is 36.3 Å². The largest absolute Gasteiger partial charge is 0.490 e. The first kappa shape index (κ1) is 12.9. The summed E-state index contributed by atoms with van der Waals surface area (Å²) in [6, 6.07) is 9.11. The highest BCUT2D eigenvalue weighted by Crippen LogP contribution is 2.19. The lowest BCUT2D eigenvalue weighted by atomic mass is 10.3. The average molecular weight is 260 g/mol. The van der Waals surface area contributed by atoms with Crippen molar-refractivity contribution in [1.29, 1.82) is 0 Å². The first-order chi connectivity index (χ1) is 9.29. The van der Waals surface area contributed by atoms with Gasteiger partial charge in [0.05, 0.1) is 19.3 Å². The highest BCUT2D eigenvalue weighted by atomic mass is 16.5. The Labute approximate surface area is 111 Å². The zero-order valence-corrected chi connectivity index (χ0v) is 10.7. The minimum atomic E-state index is 0.487. The smallest absolute Gasteiger partial charge is 0.218 e. The standard InChI is InChI=1S/C13H16N4O2/c1-18-13-8-12(16-9-17-13)15-6-7-19-11-5-3-2-4-10(11)14/h2-5,8-9H,6-7,14H2,1H3,(H,15,16,17). The second kappa shape index (κ2) is 6.44. The van der Waals surface area contributed by atoms with Crippen LogP contribution in [0.1, 0.15) is 0 Å². The predicted octanol–water partition coefficient (Wildman–Crippen LogP) is 1.56. The second-order valence-electron chi connectivity index (χ2n) is 3.76. The Morgan fingerprint density at radius 3 is 2.89 bits per heavy atom. The highest BCUT2D eigenvalue weighted by molar-refractivity contribution is 5.51. The molecule has 100 valence electrons. The maximum Gasteiger partial charge on any atom is 0.218 e. The van der Waals surface area contributed by atoms with Crippen molar-refractivity contribution >= 4 is 11.5 Å². The maximum atomic E-state index is 5.77. The summed E-state index contributed by atoms with van der Waals surface area (Å²) in [7, 11) is 1.56. The van der Waals surface area contributed by atoms with Crippen molar-refractivity contribution in [2.75, 3.05) is 31.3 Å². The van der Waals surface area contributed by atoms with Crippen LogP contribution < -0.4 is 20.5 Å². The van der Waals surface area contributed by atoms with Crippen LogP contribution >= 0.6 is 0 Å². The van der Waals surface area contributed by atoms with Crippen molar-refractivity contribution in [2.45, 2.75) is 0 Å². The van der Waals surface area contributed by atoms with Crippen LogP contribution in [0.2, 0.25) is 0 Å². The molecule has 3 N–H and O–H groups in total. The van der Waals surface area contributed by atoms with Gasteiger partial charge in [0.1, 0.15) is 24.5 Å². The van der Waals surface area contributed by atoms with Crippen molar-refractivity contribution in [1.82, 2.24) is 9.97 Å². The summed E-state index contributed by atoms with van der Waals surface area (Å²) in [6.07, 6.45) is 1.44. The number of hydrogen-bond acceptors (Lipinski definition) is 6. The normalized spacial score (nSPS) is 9.95. The van der Waals surface area contributed by atoms with E-state index >= 15 is 0 Å². The molecule has 0 atom stereocenters. The molecule has 19 heavy (non-hydrogen) atoms. The van der Waals surface area contributed by atoms with Crippen LogP contribution in [0.4, 0.5) is 11.5 Å². The molecule has 0 spiro atoms. The van der Waals surface area contributed by atoms with Crippen LogP contribution in [0.5, 0.6) is 11.6 Å². The third-order valence-corrected chi connectivity index (χ3v) is 2.44. The zero-order chi connectivity index (χ0) is 13.5. The van der Waals surface area contributed by atoms with Gasteiger partial charge in [0.15, 0.2) is 0 Å². The van der Waals surface area contributed by atoms with E-state index in [0.717, 1.165) is 0 Å². The molecule has 0 bridgehead atoms. The van der Waals surface area contributed by atoms with Crippen LogP contribution in [0.15, 0.2) is 36.7 Å². The molecule has 0 unspecified atom stereocenters. The van der Waals surface area contributed by atoms with Gasteiger partial charge in [-0.1, -0.05) is 12.1 Å². The summed E-state index contributed by atoms with van der Waals surface area (Å²) >= 11 is 0. The first-order valence-electron chi connectivity index (χ1n) is 5.87. The highest BCUT2D eigenvalue weighted by Gasteiger charge is 2.00. The summed E-state index contributed by atoms with van der Waals surface area (Å²) in [4.78, 5) is 7.99. The van der Waals surface area contributed by atoms with E-state index in [2.05, 4.69) is 15.3 Å². The molecule has 2 aromatic rings. The molecule has 0 aliphatic heterocycles. The van der Waals surface area contributed by atoms with Crippen LogP contribution in [0, 0.1) is 0 Å². The molecule has 0 aliphatic carbocycles. The van der Waals surface area contributed by atoms with E-state index in [9.17, 15) is 0 Å². The monoisotopic (exact) mass is 260 g/mol. The minimum Gasteiger partial charge on any atom is -0.490 e. The number of benzene rings is 1. The quantitative estimate of drug-likeness (QED) is 0.606. The number of para-hydroxylation sites is 2. The molecule has 6 heteroatoms. The van der Waals surface area contributed by atoms with Crippen LogP contribution in [-0.2, 0) is 0 Å². The zero-order valence-electron chi connectivity index (χ0n) is 10.7. The Hall–Kier alpha value is -2.50. The van der Waals surface area contributed by atoms with Gasteiger partial charge in [-0.2, -0.15) is 0 Å². The van der Waals surface area contributed by atoms with Crippen LogP contribution in [0.3, 0.4) is 0 Å². The Morgan fingerprint density at radius 2 is 2.11 bits per heavy atom. The van der Waals surface area contributed by atoms with E-state index in [1.54, 1.807) is 19.2 Å². The van der Waals surface area contributed by atoms with Gasteiger partial charge in [0.2, 0.25) is 5.88 Å². The third-order valence-electron chi connectivity index (χ3n) is 2.44. The molecule has 0 aliphatic rings.